The van der Waals surface area contributed by atoms with E-state index in [1.165, 1.54) is 6.92 Å². The highest BCUT2D eigenvalue weighted by molar-refractivity contribution is 7.80. The number of benzene rings is 1. The van der Waals surface area contributed by atoms with E-state index < -0.39 is 0 Å². The Balaban J connectivity index is 2.56. The van der Waals surface area contributed by atoms with Crippen LogP contribution in [0.4, 0.5) is 5.69 Å². The summed E-state index contributed by atoms with van der Waals surface area (Å²) in [5.41, 5.74) is 0.848. The number of carbonyl (C=O) groups is 1. The molecule has 0 atom stereocenters. The highest BCUT2D eigenvalue weighted by Crippen LogP contribution is 2.13. The number of anilines is 1. The van der Waals surface area contributed by atoms with E-state index in [0.29, 0.717) is 10.0 Å². The molecule has 0 fully saturated rings. The molecule has 0 saturated heterocycles. The molecule has 1 N–H and O–H groups in total. The minimum Gasteiger partial charge on any atom is -0.350 e. The maximum absolute atomic E-state index is 10.7. The van der Waals surface area contributed by atoms with Gasteiger partial charge in [-0.2, -0.15) is 0 Å². The fraction of sp³-hybridized carbons (Fsp3) is 0.200. The molecule has 4 heteroatoms. The molecule has 0 heterocycles. The van der Waals surface area contributed by atoms with Gasteiger partial charge >= 0.3 is 0 Å². The molecule has 0 aliphatic carbocycles. The lowest BCUT2D eigenvalue weighted by atomic mass is 10.3. The molecule has 1 aromatic carbocycles. The van der Waals surface area contributed by atoms with Gasteiger partial charge in [-0.05, 0) is 31.2 Å². The number of Topliss-reactive ketones (excluding diaryl/α,β-unsaturated/α-hetero) is 1. The Labute approximate surface area is 93.3 Å². The summed E-state index contributed by atoms with van der Waals surface area (Å²) in [5.74, 6) is 0.0523. The first kappa shape index (κ1) is 11.1. The Morgan fingerprint density at radius 3 is 2.50 bits per heavy atom. The lowest BCUT2D eigenvalue weighted by Gasteiger charge is -2.05. The van der Waals surface area contributed by atoms with Crippen LogP contribution in [0.15, 0.2) is 24.3 Å². The highest BCUT2D eigenvalue weighted by Gasteiger charge is 2.00. The number of ketones is 1. The SMILES string of the molecule is CC(=O)CC(=S)Nc1ccc(Cl)cc1. The third kappa shape index (κ3) is 3.85. The van der Waals surface area contributed by atoms with Crippen molar-refractivity contribution in [1.82, 2.24) is 0 Å². The first-order valence-corrected chi connectivity index (χ1v) is 4.91. The van der Waals surface area contributed by atoms with Crippen LogP contribution >= 0.6 is 23.8 Å². The Hall–Kier alpha value is -0.930. The van der Waals surface area contributed by atoms with Crippen molar-refractivity contribution in [2.45, 2.75) is 13.3 Å². The van der Waals surface area contributed by atoms with E-state index in [2.05, 4.69) is 5.32 Å². The summed E-state index contributed by atoms with van der Waals surface area (Å²) < 4.78 is 0. The van der Waals surface area contributed by atoms with Crippen molar-refractivity contribution in [3.8, 4) is 0 Å². The molecule has 0 amide bonds. The molecular weight excluding hydrogens is 218 g/mol. The predicted molar refractivity (Wildman–Crippen MR) is 63.0 cm³/mol. The van der Waals surface area contributed by atoms with Crippen molar-refractivity contribution in [2.75, 3.05) is 5.32 Å². The number of hydrogen-bond donors (Lipinski definition) is 1. The molecule has 0 aromatic heterocycles. The van der Waals surface area contributed by atoms with Gasteiger partial charge in [0.15, 0.2) is 0 Å². The maximum Gasteiger partial charge on any atom is 0.136 e. The average molecular weight is 228 g/mol. The Morgan fingerprint density at radius 2 is 2.00 bits per heavy atom. The number of carbonyl (C=O) groups excluding carboxylic acids is 1. The topological polar surface area (TPSA) is 29.1 Å². The van der Waals surface area contributed by atoms with Crippen LogP contribution in [-0.2, 0) is 4.79 Å². The van der Waals surface area contributed by atoms with Gasteiger partial charge in [-0.15, -0.1) is 0 Å². The quantitative estimate of drug-likeness (QED) is 0.805. The number of hydrogen-bond acceptors (Lipinski definition) is 2. The number of halogens is 1. The van der Waals surface area contributed by atoms with E-state index in [1.807, 2.05) is 12.1 Å². The van der Waals surface area contributed by atoms with Crippen LogP contribution in [0.25, 0.3) is 0 Å². The van der Waals surface area contributed by atoms with Crippen molar-refractivity contribution in [3.05, 3.63) is 29.3 Å². The molecule has 2 nitrogen and oxygen atoms in total. The summed E-state index contributed by atoms with van der Waals surface area (Å²) in [5, 5.41) is 3.63. The second-order valence-corrected chi connectivity index (χ2v) is 3.86. The highest BCUT2D eigenvalue weighted by atomic mass is 35.5. The minimum absolute atomic E-state index is 0.0523. The lowest BCUT2D eigenvalue weighted by molar-refractivity contribution is -0.115. The second kappa shape index (κ2) is 5.08. The Morgan fingerprint density at radius 1 is 1.43 bits per heavy atom. The second-order valence-electron chi connectivity index (χ2n) is 2.93. The van der Waals surface area contributed by atoms with Gasteiger partial charge in [0.2, 0.25) is 0 Å². The van der Waals surface area contributed by atoms with Crippen molar-refractivity contribution >= 4 is 40.3 Å². The van der Waals surface area contributed by atoms with Crippen LogP contribution in [0.5, 0.6) is 0 Å². The van der Waals surface area contributed by atoms with Gasteiger partial charge in [-0.1, -0.05) is 23.8 Å². The third-order valence-electron chi connectivity index (χ3n) is 1.54. The van der Waals surface area contributed by atoms with Crippen LogP contribution in [0.2, 0.25) is 5.02 Å². The number of nitrogens with one attached hydrogen (secondary N) is 1. The standard InChI is InChI=1S/C10H10ClNOS/c1-7(13)6-10(14)12-9-4-2-8(11)3-5-9/h2-5H,6H2,1H3,(H,12,14). The monoisotopic (exact) mass is 227 g/mol. The van der Waals surface area contributed by atoms with E-state index in [0.717, 1.165) is 5.69 Å². The maximum atomic E-state index is 10.7. The third-order valence-corrected chi connectivity index (χ3v) is 2.04. The molecule has 14 heavy (non-hydrogen) atoms. The molecule has 1 aromatic rings. The molecule has 0 aliphatic rings. The summed E-state index contributed by atoms with van der Waals surface area (Å²) in [6.07, 6.45) is 0.276. The van der Waals surface area contributed by atoms with Crippen molar-refractivity contribution in [2.24, 2.45) is 0 Å². The smallest absolute Gasteiger partial charge is 0.136 e. The van der Waals surface area contributed by atoms with Gasteiger partial charge < -0.3 is 5.32 Å². The van der Waals surface area contributed by atoms with Gasteiger partial charge in [-0.3, -0.25) is 4.79 Å². The van der Waals surface area contributed by atoms with Gasteiger partial charge in [0, 0.05) is 10.7 Å². The zero-order chi connectivity index (χ0) is 10.6. The minimum atomic E-state index is 0.0523. The summed E-state index contributed by atoms with van der Waals surface area (Å²) in [4.78, 5) is 11.3. The molecule has 0 bridgehead atoms. The van der Waals surface area contributed by atoms with Crippen LogP contribution in [0.1, 0.15) is 13.3 Å². The fourth-order valence-corrected chi connectivity index (χ4v) is 1.41. The summed E-state index contributed by atoms with van der Waals surface area (Å²) in [7, 11) is 0. The number of thiocarbonyl (C=S) groups is 1. The van der Waals surface area contributed by atoms with Crippen LogP contribution in [0.3, 0.4) is 0 Å². The average Bonchev–Trinajstić information content (AvgIpc) is 2.07. The molecule has 0 radical (unpaired) electrons. The zero-order valence-electron chi connectivity index (χ0n) is 7.71. The van der Waals surface area contributed by atoms with Gasteiger partial charge in [0.25, 0.3) is 0 Å². The molecule has 0 saturated carbocycles. The Bertz CT molecular complexity index is 348. The zero-order valence-corrected chi connectivity index (χ0v) is 9.28. The first-order valence-electron chi connectivity index (χ1n) is 4.13. The number of rotatable bonds is 3. The molecule has 0 unspecified atom stereocenters. The molecule has 74 valence electrons. The van der Waals surface area contributed by atoms with Gasteiger partial charge in [0.1, 0.15) is 5.78 Å². The van der Waals surface area contributed by atoms with Gasteiger partial charge in [-0.25, -0.2) is 0 Å². The van der Waals surface area contributed by atoms with Gasteiger partial charge in [0.05, 0.1) is 11.4 Å². The van der Waals surface area contributed by atoms with E-state index >= 15 is 0 Å². The summed E-state index contributed by atoms with van der Waals surface area (Å²) in [6.45, 7) is 1.51. The fourth-order valence-electron chi connectivity index (χ4n) is 0.965. The first-order chi connectivity index (χ1) is 6.58. The van der Waals surface area contributed by atoms with E-state index in [9.17, 15) is 4.79 Å². The lowest BCUT2D eigenvalue weighted by Crippen LogP contribution is -2.12. The van der Waals surface area contributed by atoms with Crippen molar-refractivity contribution in [1.29, 1.82) is 0 Å². The van der Waals surface area contributed by atoms with Crippen LogP contribution in [0, 0.1) is 0 Å². The molecule has 0 spiro atoms. The van der Waals surface area contributed by atoms with E-state index in [-0.39, 0.29) is 12.2 Å². The van der Waals surface area contributed by atoms with Crippen molar-refractivity contribution in [3.63, 3.8) is 0 Å². The van der Waals surface area contributed by atoms with E-state index in [1.54, 1.807) is 12.1 Å². The van der Waals surface area contributed by atoms with E-state index in [4.69, 9.17) is 23.8 Å². The normalized spacial score (nSPS) is 9.57. The van der Waals surface area contributed by atoms with Crippen molar-refractivity contribution < 1.29 is 4.79 Å². The summed E-state index contributed by atoms with van der Waals surface area (Å²) in [6, 6.07) is 7.16. The molecule has 1 rings (SSSR count). The molecule has 0 aliphatic heterocycles. The predicted octanol–water partition coefficient (Wildman–Crippen LogP) is 3.06. The van der Waals surface area contributed by atoms with Crippen LogP contribution < -0.4 is 5.32 Å². The van der Waals surface area contributed by atoms with Crippen LogP contribution in [-0.4, -0.2) is 10.8 Å². The molecular formula is C10H10ClNOS. The Kier molecular flexibility index (Phi) is 4.04. The summed E-state index contributed by atoms with van der Waals surface area (Å²) >= 11 is 10.7. The largest absolute Gasteiger partial charge is 0.350 e.